The summed E-state index contributed by atoms with van der Waals surface area (Å²) in [6.45, 7) is 0.807. The van der Waals surface area contributed by atoms with Crippen molar-refractivity contribution in [1.29, 1.82) is 0 Å². The van der Waals surface area contributed by atoms with Crippen LogP contribution in [0, 0.1) is 0 Å². The predicted molar refractivity (Wildman–Crippen MR) is 59.9 cm³/mol. The lowest BCUT2D eigenvalue weighted by molar-refractivity contribution is -0.141. The van der Waals surface area contributed by atoms with Gasteiger partial charge in [-0.15, -0.1) is 11.8 Å². The van der Waals surface area contributed by atoms with Crippen molar-refractivity contribution in [2.24, 2.45) is 5.73 Å². The number of amides is 1. The highest BCUT2D eigenvalue weighted by Crippen LogP contribution is 2.32. The molecular weight excluding hydrogens is 210 g/mol. The number of carbonyl (C=O) groups excluding carboxylic acids is 1. The first-order valence-corrected chi connectivity index (χ1v) is 5.94. The smallest absolute Gasteiger partial charge is 0.232 e. The van der Waals surface area contributed by atoms with Crippen LogP contribution in [0.4, 0.5) is 0 Å². The molecule has 2 N–H and O–H groups in total. The van der Waals surface area contributed by atoms with Crippen LogP contribution < -0.4 is 5.73 Å². The second kappa shape index (κ2) is 3.87. The van der Waals surface area contributed by atoms with E-state index in [1.54, 1.807) is 11.8 Å². The first kappa shape index (κ1) is 10.5. The molecule has 1 aliphatic heterocycles. The number of carbonyl (C=O) groups is 1. The van der Waals surface area contributed by atoms with Crippen LogP contribution >= 0.6 is 11.8 Å². The Bertz CT molecular complexity index is 371. The molecule has 3 nitrogen and oxygen atoms in total. The molecule has 0 aromatic heterocycles. The SMILES string of the molecule is CSc1ccc(C2(C(N)=O)COC2)cc1. The van der Waals surface area contributed by atoms with E-state index in [2.05, 4.69) is 0 Å². The molecule has 0 bridgehead atoms. The highest BCUT2D eigenvalue weighted by molar-refractivity contribution is 7.98. The van der Waals surface area contributed by atoms with E-state index in [9.17, 15) is 4.79 Å². The quantitative estimate of drug-likeness (QED) is 0.782. The maximum absolute atomic E-state index is 11.4. The molecule has 1 amide bonds. The van der Waals surface area contributed by atoms with Crippen molar-refractivity contribution in [3.63, 3.8) is 0 Å². The largest absolute Gasteiger partial charge is 0.378 e. The molecule has 1 heterocycles. The van der Waals surface area contributed by atoms with Crippen molar-refractivity contribution >= 4 is 17.7 Å². The van der Waals surface area contributed by atoms with Gasteiger partial charge in [0, 0.05) is 4.90 Å². The molecule has 0 unspecified atom stereocenters. The molecule has 1 aromatic rings. The molecule has 1 saturated heterocycles. The fourth-order valence-corrected chi connectivity index (χ4v) is 2.08. The number of nitrogens with two attached hydrogens (primary N) is 1. The zero-order chi connectivity index (χ0) is 10.9. The van der Waals surface area contributed by atoms with Crippen molar-refractivity contribution in [3.05, 3.63) is 29.8 Å². The van der Waals surface area contributed by atoms with Crippen LogP contribution in [0.5, 0.6) is 0 Å². The van der Waals surface area contributed by atoms with E-state index in [-0.39, 0.29) is 5.91 Å². The molecule has 0 atom stereocenters. The number of hydrogen-bond acceptors (Lipinski definition) is 3. The first-order valence-electron chi connectivity index (χ1n) is 4.71. The molecule has 2 rings (SSSR count). The molecule has 15 heavy (non-hydrogen) atoms. The lowest BCUT2D eigenvalue weighted by atomic mass is 9.78. The van der Waals surface area contributed by atoms with Gasteiger partial charge in [-0.1, -0.05) is 12.1 Å². The molecule has 80 valence electrons. The zero-order valence-corrected chi connectivity index (χ0v) is 9.34. The number of hydrogen-bond donors (Lipinski definition) is 1. The Morgan fingerprint density at radius 2 is 2.00 bits per heavy atom. The third-order valence-electron chi connectivity index (χ3n) is 2.81. The van der Waals surface area contributed by atoms with Crippen molar-refractivity contribution < 1.29 is 9.53 Å². The standard InChI is InChI=1S/C11H13NO2S/c1-15-9-4-2-8(3-5-9)11(10(12)13)6-14-7-11/h2-5H,6-7H2,1H3,(H2,12,13). The third kappa shape index (κ3) is 1.64. The van der Waals surface area contributed by atoms with E-state index in [4.69, 9.17) is 10.5 Å². The normalized spacial score (nSPS) is 18.2. The monoisotopic (exact) mass is 223 g/mol. The highest BCUT2D eigenvalue weighted by atomic mass is 32.2. The molecule has 1 aliphatic rings. The van der Waals surface area contributed by atoms with Crippen LogP contribution in [0.2, 0.25) is 0 Å². The molecule has 1 aromatic carbocycles. The average molecular weight is 223 g/mol. The van der Waals surface area contributed by atoms with Gasteiger partial charge < -0.3 is 10.5 Å². The van der Waals surface area contributed by atoms with Crippen LogP contribution in [-0.2, 0) is 14.9 Å². The number of benzene rings is 1. The highest BCUT2D eigenvalue weighted by Gasteiger charge is 2.45. The van der Waals surface area contributed by atoms with Crippen molar-refractivity contribution in [2.45, 2.75) is 10.3 Å². The van der Waals surface area contributed by atoms with Crippen LogP contribution in [-0.4, -0.2) is 25.4 Å². The number of ether oxygens (including phenoxy) is 1. The second-order valence-corrected chi connectivity index (χ2v) is 4.55. The van der Waals surface area contributed by atoms with Crippen LogP contribution in [0.25, 0.3) is 0 Å². The van der Waals surface area contributed by atoms with E-state index < -0.39 is 5.41 Å². The topological polar surface area (TPSA) is 52.3 Å². The van der Waals surface area contributed by atoms with Crippen LogP contribution in [0.3, 0.4) is 0 Å². The van der Waals surface area contributed by atoms with Crippen molar-refractivity contribution in [3.8, 4) is 0 Å². The lowest BCUT2D eigenvalue weighted by Gasteiger charge is -2.38. The van der Waals surface area contributed by atoms with E-state index >= 15 is 0 Å². The van der Waals surface area contributed by atoms with Gasteiger partial charge in [0.25, 0.3) is 0 Å². The Morgan fingerprint density at radius 1 is 1.40 bits per heavy atom. The maximum Gasteiger partial charge on any atom is 0.232 e. The van der Waals surface area contributed by atoms with Gasteiger partial charge in [-0.05, 0) is 24.0 Å². The van der Waals surface area contributed by atoms with Gasteiger partial charge >= 0.3 is 0 Å². The summed E-state index contributed by atoms with van der Waals surface area (Å²) in [5.41, 5.74) is 5.78. The molecule has 0 aliphatic carbocycles. The molecule has 0 radical (unpaired) electrons. The number of primary amides is 1. The van der Waals surface area contributed by atoms with E-state index in [0.717, 1.165) is 5.56 Å². The van der Waals surface area contributed by atoms with Crippen molar-refractivity contribution in [1.82, 2.24) is 0 Å². The Labute approximate surface area is 93.0 Å². The first-order chi connectivity index (χ1) is 7.19. The van der Waals surface area contributed by atoms with Gasteiger partial charge in [0.05, 0.1) is 13.2 Å². The Hall–Kier alpha value is -1.00. The lowest BCUT2D eigenvalue weighted by Crippen LogP contribution is -2.56. The molecule has 1 fully saturated rings. The van der Waals surface area contributed by atoms with Gasteiger partial charge in [0.2, 0.25) is 5.91 Å². The number of rotatable bonds is 3. The van der Waals surface area contributed by atoms with Gasteiger partial charge in [-0.3, -0.25) is 4.79 Å². The summed E-state index contributed by atoms with van der Waals surface area (Å²) in [7, 11) is 0. The summed E-state index contributed by atoms with van der Waals surface area (Å²) in [5, 5.41) is 0. The summed E-state index contributed by atoms with van der Waals surface area (Å²) in [6.07, 6.45) is 2.02. The Morgan fingerprint density at radius 3 is 2.33 bits per heavy atom. The van der Waals surface area contributed by atoms with Crippen LogP contribution in [0.15, 0.2) is 29.2 Å². The third-order valence-corrected chi connectivity index (χ3v) is 3.55. The molecule has 0 spiro atoms. The summed E-state index contributed by atoms with van der Waals surface area (Å²) in [4.78, 5) is 12.6. The predicted octanol–water partition coefficient (Wildman–Crippen LogP) is 1.16. The minimum Gasteiger partial charge on any atom is -0.378 e. The molecule has 4 heteroatoms. The minimum absolute atomic E-state index is 0.300. The Kier molecular flexibility index (Phi) is 2.71. The summed E-state index contributed by atoms with van der Waals surface area (Å²) >= 11 is 1.67. The Balaban J connectivity index is 2.31. The van der Waals surface area contributed by atoms with Crippen molar-refractivity contribution in [2.75, 3.05) is 19.5 Å². The fourth-order valence-electron chi connectivity index (χ4n) is 1.67. The maximum atomic E-state index is 11.4. The summed E-state index contributed by atoms with van der Waals surface area (Å²) in [5.74, 6) is -0.300. The van der Waals surface area contributed by atoms with Gasteiger partial charge in [-0.25, -0.2) is 0 Å². The van der Waals surface area contributed by atoms with Crippen LogP contribution in [0.1, 0.15) is 5.56 Å². The van der Waals surface area contributed by atoms with E-state index in [0.29, 0.717) is 13.2 Å². The van der Waals surface area contributed by atoms with E-state index in [1.165, 1.54) is 4.90 Å². The molecular formula is C11H13NO2S. The summed E-state index contributed by atoms with van der Waals surface area (Å²) < 4.78 is 5.10. The average Bonchev–Trinajstić information content (AvgIpc) is 2.16. The van der Waals surface area contributed by atoms with Gasteiger partial charge in [0.15, 0.2) is 0 Å². The minimum atomic E-state index is -0.586. The second-order valence-electron chi connectivity index (χ2n) is 3.67. The summed E-state index contributed by atoms with van der Waals surface area (Å²) in [6, 6.07) is 7.92. The molecule has 0 saturated carbocycles. The zero-order valence-electron chi connectivity index (χ0n) is 8.53. The number of thioether (sulfide) groups is 1. The van der Waals surface area contributed by atoms with Gasteiger partial charge in [-0.2, -0.15) is 0 Å². The van der Waals surface area contributed by atoms with E-state index in [1.807, 2.05) is 30.5 Å². The fraction of sp³-hybridized carbons (Fsp3) is 0.364. The van der Waals surface area contributed by atoms with Gasteiger partial charge in [0.1, 0.15) is 5.41 Å².